The lowest BCUT2D eigenvalue weighted by atomic mass is 10.0. The fourth-order valence-corrected chi connectivity index (χ4v) is 3.65. The van der Waals surface area contributed by atoms with Gasteiger partial charge in [0, 0.05) is 20.0 Å². The number of carbonyl (C=O) groups excluding carboxylic acids is 2. The number of nitrogens with one attached hydrogen (secondary N) is 1. The Morgan fingerprint density at radius 1 is 0.853 bits per heavy atom. The molecule has 34 heavy (non-hydrogen) atoms. The van der Waals surface area contributed by atoms with Crippen molar-refractivity contribution in [2.45, 2.75) is 19.0 Å². The summed E-state index contributed by atoms with van der Waals surface area (Å²) in [6.45, 7) is -0.0249. The van der Waals surface area contributed by atoms with Gasteiger partial charge in [-0.05, 0) is 35.4 Å². The largest absolute Gasteiger partial charge is 0.497 e. The average molecular weight is 463 g/mol. The van der Waals surface area contributed by atoms with E-state index in [0.717, 1.165) is 11.1 Å². The zero-order valence-corrected chi connectivity index (χ0v) is 19.7. The van der Waals surface area contributed by atoms with E-state index in [9.17, 15) is 9.59 Å². The second-order valence-electron chi connectivity index (χ2n) is 7.63. The minimum absolute atomic E-state index is 0.218. The predicted octanol–water partition coefficient (Wildman–Crippen LogP) is 3.47. The van der Waals surface area contributed by atoms with Gasteiger partial charge in [0.05, 0.1) is 14.2 Å². The fourth-order valence-electron chi connectivity index (χ4n) is 3.65. The number of amides is 2. The van der Waals surface area contributed by atoms with Gasteiger partial charge in [-0.1, -0.05) is 54.6 Å². The average Bonchev–Trinajstić information content (AvgIpc) is 2.89. The lowest BCUT2D eigenvalue weighted by molar-refractivity contribution is -0.142. The third-order valence-corrected chi connectivity index (χ3v) is 5.42. The number of nitrogens with zero attached hydrogens (tertiary/aromatic N) is 1. The van der Waals surface area contributed by atoms with Crippen LogP contribution in [0.4, 0.5) is 0 Å². The summed E-state index contributed by atoms with van der Waals surface area (Å²) < 4.78 is 16.4. The summed E-state index contributed by atoms with van der Waals surface area (Å²) >= 11 is 0. The molecule has 0 bridgehead atoms. The molecule has 0 fully saturated rings. The molecule has 3 aromatic carbocycles. The van der Waals surface area contributed by atoms with E-state index in [1.165, 1.54) is 0 Å². The maximum Gasteiger partial charge on any atom is 0.261 e. The molecule has 0 aliphatic heterocycles. The molecular weight excluding hydrogens is 432 g/mol. The Balaban J connectivity index is 1.90. The normalized spacial score (nSPS) is 11.3. The van der Waals surface area contributed by atoms with Crippen molar-refractivity contribution < 1.29 is 23.8 Å². The first kappa shape index (κ1) is 24.6. The molecule has 2 amide bonds. The predicted molar refractivity (Wildman–Crippen MR) is 130 cm³/mol. The molecule has 0 saturated heterocycles. The number of likely N-dealkylation sites (N-methyl/N-ethyl adjacent to an activating group) is 1. The number of benzene rings is 3. The molecule has 0 heterocycles. The van der Waals surface area contributed by atoms with Crippen LogP contribution in [-0.2, 0) is 22.6 Å². The van der Waals surface area contributed by atoms with Crippen LogP contribution in [0.1, 0.15) is 11.1 Å². The first-order valence-corrected chi connectivity index (χ1v) is 11.0. The fraction of sp³-hybridized carbons (Fsp3) is 0.259. The molecule has 0 aromatic heterocycles. The number of carbonyl (C=O) groups is 2. The second-order valence-corrected chi connectivity index (χ2v) is 7.63. The van der Waals surface area contributed by atoms with Gasteiger partial charge >= 0.3 is 0 Å². The summed E-state index contributed by atoms with van der Waals surface area (Å²) in [5, 5.41) is 2.70. The Hall–Kier alpha value is -4.00. The van der Waals surface area contributed by atoms with Crippen LogP contribution in [0, 0.1) is 0 Å². The van der Waals surface area contributed by atoms with Gasteiger partial charge in [-0.25, -0.2) is 0 Å². The van der Waals surface area contributed by atoms with Crippen molar-refractivity contribution >= 4 is 11.8 Å². The number of para-hydroxylation sites is 2. The van der Waals surface area contributed by atoms with E-state index in [2.05, 4.69) is 5.32 Å². The van der Waals surface area contributed by atoms with Crippen LogP contribution < -0.4 is 19.5 Å². The lowest BCUT2D eigenvalue weighted by Crippen LogP contribution is -2.51. The summed E-state index contributed by atoms with van der Waals surface area (Å²) in [5.41, 5.74) is 1.79. The quantitative estimate of drug-likeness (QED) is 0.472. The maximum atomic E-state index is 13.5. The summed E-state index contributed by atoms with van der Waals surface area (Å²) in [5.74, 6) is 1.09. The third kappa shape index (κ3) is 6.51. The number of hydrogen-bond acceptors (Lipinski definition) is 5. The molecule has 0 saturated carbocycles. The second kappa shape index (κ2) is 12.3. The van der Waals surface area contributed by atoms with Crippen molar-refractivity contribution in [3.63, 3.8) is 0 Å². The van der Waals surface area contributed by atoms with Gasteiger partial charge in [0.15, 0.2) is 18.1 Å². The molecule has 1 N–H and O–H groups in total. The zero-order valence-electron chi connectivity index (χ0n) is 19.7. The minimum atomic E-state index is -0.729. The molecule has 178 valence electrons. The minimum Gasteiger partial charge on any atom is -0.497 e. The van der Waals surface area contributed by atoms with E-state index in [0.29, 0.717) is 23.7 Å². The molecule has 1 atom stereocenters. The van der Waals surface area contributed by atoms with Gasteiger partial charge in [-0.2, -0.15) is 0 Å². The van der Waals surface area contributed by atoms with E-state index in [-0.39, 0.29) is 25.0 Å². The molecule has 0 radical (unpaired) electrons. The molecule has 7 nitrogen and oxygen atoms in total. The molecule has 3 aromatic rings. The number of hydrogen-bond donors (Lipinski definition) is 1. The molecule has 7 heteroatoms. The van der Waals surface area contributed by atoms with Crippen molar-refractivity contribution in [1.29, 1.82) is 0 Å². The summed E-state index contributed by atoms with van der Waals surface area (Å²) in [4.78, 5) is 28.0. The lowest BCUT2D eigenvalue weighted by Gasteiger charge is -2.31. The number of ether oxygens (including phenoxy) is 3. The van der Waals surface area contributed by atoms with Gasteiger partial charge in [0.1, 0.15) is 11.8 Å². The molecule has 0 aliphatic rings. The molecule has 0 spiro atoms. The van der Waals surface area contributed by atoms with Crippen molar-refractivity contribution in [2.75, 3.05) is 27.9 Å². The van der Waals surface area contributed by atoms with Crippen LogP contribution in [0.2, 0.25) is 0 Å². The topological polar surface area (TPSA) is 77.1 Å². The van der Waals surface area contributed by atoms with Crippen LogP contribution in [-0.4, -0.2) is 50.6 Å². The smallest absolute Gasteiger partial charge is 0.261 e. The first-order valence-electron chi connectivity index (χ1n) is 11.0. The first-order chi connectivity index (χ1) is 16.5. The number of methoxy groups -OCH3 is 2. The molecule has 0 unspecified atom stereocenters. The summed E-state index contributed by atoms with van der Waals surface area (Å²) in [6.07, 6.45) is 0.366. The standard InChI is InChI=1S/C27H30N2O5/c1-28-27(31)23(17-20-10-5-4-6-11-20)29(18-21-12-9-13-22(16-21)32-2)26(30)19-34-25-15-8-7-14-24(25)33-3/h4-16,23H,17-19H2,1-3H3,(H,28,31)/t23-/m1/s1. The van der Waals surface area contributed by atoms with E-state index in [4.69, 9.17) is 14.2 Å². The van der Waals surface area contributed by atoms with E-state index < -0.39 is 6.04 Å². The summed E-state index contributed by atoms with van der Waals surface area (Å²) in [7, 11) is 4.70. The highest BCUT2D eigenvalue weighted by Crippen LogP contribution is 2.26. The Morgan fingerprint density at radius 3 is 2.21 bits per heavy atom. The van der Waals surface area contributed by atoms with Crippen LogP contribution in [0.25, 0.3) is 0 Å². The van der Waals surface area contributed by atoms with Gasteiger partial charge < -0.3 is 24.4 Å². The Bertz CT molecular complexity index is 1090. The highest BCUT2D eigenvalue weighted by Gasteiger charge is 2.30. The van der Waals surface area contributed by atoms with Crippen molar-refractivity contribution in [3.05, 3.63) is 90.0 Å². The highest BCUT2D eigenvalue weighted by atomic mass is 16.5. The maximum absolute atomic E-state index is 13.5. The highest BCUT2D eigenvalue weighted by molar-refractivity contribution is 5.88. The molecule has 3 rings (SSSR count). The Labute approximate surface area is 200 Å². The number of rotatable bonds is 11. The van der Waals surface area contributed by atoms with Gasteiger partial charge in [-0.15, -0.1) is 0 Å². The third-order valence-electron chi connectivity index (χ3n) is 5.42. The van der Waals surface area contributed by atoms with Crippen LogP contribution in [0.15, 0.2) is 78.9 Å². The van der Waals surface area contributed by atoms with E-state index >= 15 is 0 Å². The van der Waals surface area contributed by atoms with Crippen molar-refractivity contribution in [1.82, 2.24) is 10.2 Å². The van der Waals surface area contributed by atoms with Crippen molar-refractivity contribution in [2.24, 2.45) is 0 Å². The summed E-state index contributed by atoms with van der Waals surface area (Å²) in [6, 6.07) is 23.5. The SMILES string of the molecule is CNC(=O)[C@@H](Cc1ccccc1)N(Cc1cccc(OC)c1)C(=O)COc1ccccc1OC. The van der Waals surface area contributed by atoms with Crippen molar-refractivity contribution in [3.8, 4) is 17.2 Å². The van der Waals surface area contributed by atoms with Crippen LogP contribution in [0.5, 0.6) is 17.2 Å². The Kier molecular flexibility index (Phi) is 8.91. The van der Waals surface area contributed by atoms with Crippen LogP contribution in [0.3, 0.4) is 0 Å². The van der Waals surface area contributed by atoms with E-state index in [1.54, 1.807) is 44.4 Å². The van der Waals surface area contributed by atoms with Gasteiger partial charge in [0.2, 0.25) is 5.91 Å². The molecular formula is C27H30N2O5. The monoisotopic (exact) mass is 462 g/mol. The molecule has 0 aliphatic carbocycles. The zero-order chi connectivity index (χ0) is 24.3. The Morgan fingerprint density at radius 2 is 1.53 bits per heavy atom. The van der Waals surface area contributed by atoms with E-state index in [1.807, 2.05) is 60.7 Å². The van der Waals surface area contributed by atoms with Gasteiger partial charge in [-0.3, -0.25) is 9.59 Å². The van der Waals surface area contributed by atoms with Gasteiger partial charge in [0.25, 0.3) is 5.91 Å². The van der Waals surface area contributed by atoms with Crippen LogP contribution >= 0.6 is 0 Å².